The second-order valence-electron chi connectivity index (χ2n) is 9.87. The first-order valence-corrected chi connectivity index (χ1v) is 14.5. The van der Waals surface area contributed by atoms with E-state index in [0.717, 1.165) is 5.56 Å². The Morgan fingerprint density at radius 3 is 2.21 bits per heavy atom. The van der Waals surface area contributed by atoms with Gasteiger partial charge < -0.3 is 41.6 Å². The number of benzene rings is 1. The summed E-state index contributed by atoms with van der Waals surface area (Å²) < 4.78 is 23.3. The van der Waals surface area contributed by atoms with E-state index in [1.807, 2.05) is 13.8 Å². The molecule has 6 atom stereocenters. The number of carbonyl (C=O) groups excluding carboxylic acids is 5. The smallest absolute Gasteiger partial charge is 0.244 e. The van der Waals surface area contributed by atoms with Crippen LogP contribution >= 0.6 is 0 Å². The predicted molar refractivity (Wildman–Crippen MR) is 156 cm³/mol. The van der Waals surface area contributed by atoms with Gasteiger partial charge in [0.25, 0.3) is 0 Å². The monoisotopic (exact) mass is 609 g/mol. The van der Waals surface area contributed by atoms with Crippen LogP contribution in [0, 0.1) is 5.92 Å². The summed E-state index contributed by atoms with van der Waals surface area (Å²) in [7, 11) is 0. The molecular formula is C26H41N8O7S-. The molecule has 15 nitrogen and oxygen atoms in total. The first-order valence-electron chi connectivity index (χ1n) is 13.4. The van der Waals surface area contributed by atoms with E-state index in [2.05, 4.69) is 31.8 Å². The van der Waals surface area contributed by atoms with E-state index in [-0.39, 0.29) is 31.3 Å². The molecule has 0 fully saturated rings. The van der Waals surface area contributed by atoms with Crippen molar-refractivity contribution in [3.05, 3.63) is 35.9 Å². The van der Waals surface area contributed by atoms with Crippen LogP contribution in [0.2, 0.25) is 0 Å². The molecule has 1 aromatic carbocycles. The molecule has 9 N–H and O–H groups in total. The van der Waals surface area contributed by atoms with Gasteiger partial charge in [-0.1, -0.05) is 44.2 Å². The highest BCUT2D eigenvalue weighted by Crippen LogP contribution is 2.06. The summed E-state index contributed by atoms with van der Waals surface area (Å²) in [6.45, 7) is 4.50. The second-order valence-corrected chi connectivity index (χ2v) is 11.1. The third-order valence-corrected chi connectivity index (χ3v) is 7.02. The third kappa shape index (κ3) is 13.8. The molecule has 0 saturated carbocycles. The van der Waals surface area contributed by atoms with Crippen LogP contribution < -0.4 is 38.3 Å². The Morgan fingerprint density at radius 2 is 1.67 bits per heavy atom. The maximum absolute atomic E-state index is 12.9. The standard InChI is InChI=1S/C26H42N8O7S/c1-16(2)21(15-36)34-33-20(10-7-11-29-26(27)28)24(38)30-13-22(37)32-23(17(3)42(40)41)25(39)31-19(14-35)12-18-8-5-4-6-9-18/h4-6,8-9,14-17,19-21,23,33-34H,7,10-13H2,1-3H3,(H,30,38)(H,31,39)(H,32,37)(H,40,41)(H4,27,28,29)/p-1/t17?,19-,20-,21+,23?/m0/s1. The van der Waals surface area contributed by atoms with Gasteiger partial charge in [0.1, 0.15) is 24.7 Å². The minimum Gasteiger partial charge on any atom is -0.772 e. The summed E-state index contributed by atoms with van der Waals surface area (Å²) in [5, 5.41) is 5.87. The van der Waals surface area contributed by atoms with Crippen LogP contribution in [0.1, 0.15) is 39.2 Å². The normalized spacial score (nSPS) is 15.3. The van der Waals surface area contributed by atoms with E-state index in [9.17, 15) is 32.7 Å². The lowest BCUT2D eigenvalue weighted by atomic mass is 10.1. The van der Waals surface area contributed by atoms with Crippen LogP contribution in [0.15, 0.2) is 35.3 Å². The summed E-state index contributed by atoms with van der Waals surface area (Å²) in [5.74, 6) is -2.51. The molecule has 234 valence electrons. The highest BCUT2D eigenvalue weighted by atomic mass is 32.2. The van der Waals surface area contributed by atoms with Gasteiger partial charge in [-0.25, -0.2) is 10.9 Å². The molecule has 1 aromatic rings. The Balaban J connectivity index is 2.87. The lowest BCUT2D eigenvalue weighted by molar-refractivity contribution is -0.131. The second kappa shape index (κ2) is 19.4. The molecule has 0 aromatic heterocycles. The number of nitrogens with two attached hydrogens (primary N) is 2. The molecule has 0 aliphatic rings. The molecule has 0 saturated heterocycles. The van der Waals surface area contributed by atoms with Crippen molar-refractivity contribution in [3.63, 3.8) is 0 Å². The quantitative estimate of drug-likeness (QED) is 0.0204. The van der Waals surface area contributed by atoms with Crippen molar-refractivity contribution in [2.75, 3.05) is 13.1 Å². The van der Waals surface area contributed by atoms with E-state index >= 15 is 0 Å². The van der Waals surface area contributed by atoms with Gasteiger partial charge in [-0.15, -0.1) is 0 Å². The number of rotatable bonds is 20. The van der Waals surface area contributed by atoms with Crippen LogP contribution in [0.3, 0.4) is 0 Å². The Labute approximate surface area is 247 Å². The Hall–Kier alpha value is -3.73. The first kappa shape index (κ1) is 36.3. The maximum Gasteiger partial charge on any atom is 0.244 e. The van der Waals surface area contributed by atoms with E-state index in [1.165, 1.54) is 6.92 Å². The highest BCUT2D eigenvalue weighted by molar-refractivity contribution is 7.79. The number of nitrogens with zero attached hydrogens (tertiary/aromatic N) is 1. The van der Waals surface area contributed by atoms with E-state index < -0.39 is 64.8 Å². The number of hydrazine groups is 1. The van der Waals surface area contributed by atoms with E-state index in [1.54, 1.807) is 30.3 Å². The number of guanidine groups is 1. The first-order chi connectivity index (χ1) is 19.9. The molecular weight excluding hydrogens is 568 g/mol. The molecule has 3 amide bonds. The average molecular weight is 610 g/mol. The molecule has 1 rings (SSSR count). The zero-order valence-corrected chi connectivity index (χ0v) is 24.7. The minimum absolute atomic E-state index is 0.0748. The zero-order chi connectivity index (χ0) is 31.7. The average Bonchev–Trinajstić information content (AvgIpc) is 2.95. The molecule has 42 heavy (non-hydrogen) atoms. The van der Waals surface area contributed by atoms with Crippen LogP contribution in [0.25, 0.3) is 0 Å². The lowest BCUT2D eigenvalue weighted by Gasteiger charge is -2.27. The van der Waals surface area contributed by atoms with Crippen molar-refractivity contribution in [3.8, 4) is 0 Å². The Kier molecular flexibility index (Phi) is 16.8. The van der Waals surface area contributed by atoms with Gasteiger partial charge in [0.05, 0.1) is 18.6 Å². The number of nitrogens with one attached hydrogen (secondary N) is 5. The zero-order valence-electron chi connectivity index (χ0n) is 23.9. The topological polar surface area (TPSA) is 250 Å². The van der Waals surface area contributed by atoms with E-state index in [0.29, 0.717) is 19.0 Å². The molecule has 0 aliphatic heterocycles. The van der Waals surface area contributed by atoms with Gasteiger partial charge in [-0.05, 0) is 48.7 Å². The lowest BCUT2D eigenvalue weighted by Crippen LogP contribution is -2.58. The number of carbonyl (C=O) groups is 5. The molecule has 0 spiro atoms. The van der Waals surface area contributed by atoms with Gasteiger partial charge in [0, 0.05) is 11.8 Å². The van der Waals surface area contributed by atoms with Crippen molar-refractivity contribution < 1.29 is 32.7 Å². The van der Waals surface area contributed by atoms with Crippen LogP contribution in [-0.2, 0) is 41.5 Å². The van der Waals surface area contributed by atoms with Crippen LogP contribution in [-0.4, -0.2) is 87.5 Å². The summed E-state index contributed by atoms with van der Waals surface area (Å²) in [5.41, 5.74) is 17.0. The molecule has 0 aliphatic carbocycles. The number of amides is 3. The maximum atomic E-state index is 12.9. The number of hydrogen-bond acceptors (Lipinski definition) is 10. The van der Waals surface area contributed by atoms with Crippen molar-refractivity contribution >= 4 is 47.3 Å². The van der Waals surface area contributed by atoms with Gasteiger partial charge in [-0.3, -0.25) is 23.6 Å². The Bertz CT molecular complexity index is 1090. The largest absolute Gasteiger partial charge is 0.772 e. The minimum atomic E-state index is -2.75. The fraction of sp³-hybridized carbons (Fsp3) is 0.538. The SMILES string of the molecule is CC(C)[C@@H](C=O)NN[C@@H](CCCN=C(N)N)C(=O)NCC(=O)NC(C(=O)N[C@H](C=O)Cc1ccccc1)C(C)S(=O)[O-]. The fourth-order valence-electron chi connectivity index (χ4n) is 3.62. The number of aldehydes is 2. The van der Waals surface area contributed by atoms with Crippen molar-refractivity contribution in [2.24, 2.45) is 22.4 Å². The summed E-state index contributed by atoms with van der Waals surface area (Å²) in [4.78, 5) is 65.3. The van der Waals surface area contributed by atoms with Gasteiger partial charge in [0.15, 0.2) is 5.96 Å². The highest BCUT2D eigenvalue weighted by Gasteiger charge is 2.30. The number of aliphatic imine (C=N–C) groups is 1. The summed E-state index contributed by atoms with van der Waals surface area (Å²) in [6.07, 6.45) is 1.99. The molecule has 3 unspecified atom stereocenters. The molecule has 0 heterocycles. The van der Waals surface area contributed by atoms with Gasteiger partial charge >= 0.3 is 0 Å². The van der Waals surface area contributed by atoms with Gasteiger partial charge in [0.2, 0.25) is 17.7 Å². The van der Waals surface area contributed by atoms with Crippen LogP contribution in [0.5, 0.6) is 0 Å². The van der Waals surface area contributed by atoms with Gasteiger partial charge in [-0.2, -0.15) is 0 Å². The number of hydrogen-bond donors (Lipinski definition) is 7. The van der Waals surface area contributed by atoms with Crippen LogP contribution in [0.4, 0.5) is 0 Å². The van der Waals surface area contributed by atoms with Crippen molar-refractivity contribution in [1.82, 2.24) is 26.8 Å². The predicted octanol–water partition coefficient (Wildman–Crippen LogP) is -2.48. The third-order valence-electron chi connectivity index (χ3n) is 6.14. The summed E-state index contributed by atoms with van der Waals surface area (Å²) >= 11 is -2.75. The summed E-state index contributed by atoms with van der Waals surface area (Å²) in [6, 6.07) is 4.86. The van der Waals surface area contributed by atoms with Crippen molar-refractivity contribution in [2.45, 2.75) is 69.5 Å². The van der Waals surface area contributed by atoms with Crippen molar-refractivity contribution in [1.29, 1.82) is 0 Å². The Morgan fingerprint density at radius 1 is 1.00 bits per heavy atom. The molecule has 0 bridgehead atoms. The molecule has 0 radical (unpaired) electrons. The fourth-order valence-corrected chi connectivity index (χ4v) is 4.04. The molecule has 16 heteroatoms. The van der Waals surface area contributed by atoms with E-state index in [4.69, 9.17) is 11.5 Å².